The van der Waals surface area contributed by atoms with Gasteiger partial charge < -0.3 is 0 Å². The van der Waals surface area contributed by atoms with E-state index in [0.717, 1.165) is 54.0 Å². The van der Waals surface area contributed by atoms with Crippen molar-refractivity contribution in [1.82, 2.24) is 14.0 Å². The number of aromatic nitrogens is 3. The Hall–Kier alpha value is -3.52. The Morgan fingerprint density at radius 1 is 1.03 bits per heavy atom. The zero-order chi connectivity index (χ0) is 24.5. The second-order valence-electron chi connectivity index (χ2n) is 9.09. The topological polar surface area (TPSA) is 56.6 Å². The van der Waals surface area contributed by atoms with Crippen LogP contribution in [0.4, 0.5) is 10.1 Å². The van der Waals surface area contributed by atoms with Crippen molar-refractivity contribution in [2.45, 2.75) is 39.5 Å². The minimum Gasteiger partial charge on any atom is -0.283 e. The van der Waals surface area contributed by atoms with E-state index in [1.807, 2.05) is 59.0 Å². The highest BCUT2D eigenvalue weighted by Crippen LogP contribution is 2.25. The Morgan fingerprint density at radius 2 is 1.71 bits per heavy atom. The standard InChI is InChI=1S/C27H28FN5OS/c1-18-9-15-22(16-10-18)30-32-24(20-11-13-21(28)14-12-20)17-35-27(32)29-25-19(2)31(3)33(26(25)34)23-7-5-4-6-8-23/h4-8,11-14,17-18H,9-10,15-16H2,1-3H3. The first kappa shape index (κ1) is 23.2. The van der Waals surface area contributed by atoms with Gasteiger partial charge in [-0.1, -0.05) is 25.1 Å². The van der Waals surface area contributed by atoms with Crippen LogP contribution in [0.2, 0.25) is 0 Å². The zero-order valence-corrected chi connectivity index (χ0v) is 20.9. The first-order chi connectivity index (χ1) is 16.9. The van der Waals surface area contributed by atoms with Crippen LogP contribution < -0.4 is 10.4 Å². The van der Waals surface area contributed by atoms with Crippen LogP contribution in [0, 0.1) is 18.7 Å². The average molecular weight is 490 g/mol. The Labute approximate surface area is 207 Å². The van der Waals surface area contributed by atoms with Crippen LogP contribution in [0.3, 0.4) is 0 Å². The van der Waals surface area contributed by atoms with Crippen LogP contribution in [0.25, 0.3) is 16.9 Å². The lowest BCUT2D eigenvalue weighted by Crippen LogP contribution is -2.20. The summed E-state index contributed by atoms with van der Waals surface area (Å²) in [5.41, 5.74) is 4.56. The summed E-state index contributed by atoms with van der Waals surface area (Å²) in [4.78, 5) is 18.9. The molecular weight excluding hydrogens is 461 g/mol. The van der Waals surface area contributed by atoms with Gasteiger partial charge in [0.1, 0.15) is 5.82 Å². The molecule has 6 nitrogen and oxygen atoms in total. The summed E-state index contributed by atoms with van der Waals surface area (Å²) in [7, 11) is 1.86. The number of hydrogen-bond donors (Lipinski definition) is 0. The molecule has 0 aliphatic heterocycles. The molecule has 1 fully saturated rings. The van der Waals surface area contributed by atoms with Gasteiger partial charge in [0.2, 0.25) is 4.80 Å². The number of halogens is 1. The molecule has 35 heavy (non-hydrogen) atoms. The van der Waals surface area contributed by atoms with E-state index < -0.39 is 0 Å². The Balaban J connectivity index is 1.68. The minimum atomic E-state index is -0.283. The number of para-hydroxylation sites is 1. The second kappa shape index (κ2) is 9.62. The van der Waals surface area contributed by atoms with Gasteiger partial charge >= 0.3 is 0 Å². The number of nitrogens with zero attached hydrogens (tertiary/aromatic N) is 5. The Bertz CT molecular complexity index is 1500. The third kappa shape index (κ3) is 4.58. The SMILES string of the molecule is Cc1c(N=c2scc(-c3ccc(F)cc3)n2N=C2CCC(C)CC2)c(=O)n(-c2ccccc2)n1C. The molecule has 0 spiro atoms. The summed E-state index contributed by atoms with van der Waals surface area (Å²) in [6, 6.07) is 15.9. The minimum absolute atomic E-state index is 0.182. The highest BCUT2D eigenvalue weighted by Gasteiger charge is 2.18. The maximum absolute atomic E-state index is 13.6. The molecule has 0 amide bonds. The van der Waals surface area contributed by atoms with Crippen LogP contribution in [-0.2, 0) is 7.05 Å². The van der Waals surface area contributed by atoms with E-state index in [1.54, 1.807) is 16.8 Å². The van der Waals surface area contributed by atoms with Crippen molar-refractivity contribution in [3.8, 4) is 16.9 Å². The molecule has 1 aliphatic rings. The second-order valence-corrected chi connectivity index (χ2v) is 9.93. The van der Waals surface area contributed by atoms with Crippen molar-refractivity contribution >= 4 is 22.7 Å². The third-order valence-electron chi connectivity index (χ3n) is 6.65. The van der Waals surface area contributed by atoms with Crippen molar-refractivity contribution in [3.63, 3.8) is 0 Å². The molecule has 1 aliphatic carbocycles. The van der Waals surface area contributed by atoms with Crippen molar-refractivity contribution in [3.05, 3.63) is 86.6 Å². The largest absolute Gasteiger partial charge is 0.297 e. The van der Waals surface area contributed by atoms with E-state index in [2.05, 4.69) is 6.92 Å². The summed E-state index contributed by atoms with van der Waals surface area (Å²) >= 11 is 1.43. The maximum Gasteiger partial charge on any atom is 0.297 e. The molecule has 4 aromatic rings. The molecule has 2 aromatic heterocycles. The van der Waals surface area contributed by atoms with Crippen molar-refractivity contribution < 1.29 is 4.39 Å². The lowest BCUT2D eigenvalue weighted by molar-refractivity contribution is 0.481. The molecule has 0 saturated heterocycles. The smallest absolute Gasteiger partial charge is 0.283 e. The fourth-order valence-corrected chi connectivity index (χ4v) is 5.24. The fraction of sp³-hybridized carbons (Fsp3) is 0.296. The molecule has 5 rings (SSSR count). The van der Waals surface area contributed by atoms with Crippen LogP contribution in [0.1, 0.15) is 38.3 Å². The highest BCUT2D eigenvalue weighted by atomic mass is 32.1. The molecule has 1 saturated carbocycles. The van der Waals surface area contributed by atoms with Gasteiger partial charge in [0.05, 0.1) is 17.1 Å². The van der Waals surface area contributed by atoms with Gasteiger partial charge in [-0.2, -0.15) is 5.10 Å². The van der Waals surface area contributed by atoms with E-state index in [4.69, 9.17) is 10.1 Å². The number of hydrogen-bond acceptors (Lipinski definition) is 4. The first-order valence-electron chi connectivity index (χ1n) is 11.8. The van der Waals surface area contributed by atoms with Crippen molar-refractivity contribution in [2.24, 2.45) is 23.1 Å². The predicted molar refractivity (Wildman–Crippen MR) is 139 cm³/mol. The summed E-state index contributed by atoms with van der Waals surface area (Å²) in [5.74, 6) is 0.417. The predicted octanol–water partition coefficient (Wildman–Crippen LogP) is 5.80. The average Bonchev–Trinajstić information content (AvgIpc) is 3.35. The Morgan fingerprint density at radius 3 is 2.40 bits per heavy atom. The summed E-state index contributed by atoms with van der Waals surface area (Å²) < 4.78 is 18.9. The molecule has 180 valence electrons. The molecule has 0 atom stereocenters. The van der Waals surface area contributed by atoms with Crippen LogP contribution in [0.15, 0.2) is 74.9 Å². The summed E-state index contributed by atoms with van der Waals surface area (Å²) in [5, 5.41) is 6.96. The molecular formula is C27H28FN5OS. The molecule has 0 N–H and O–H groups in total. The van der Waals surface area contributed by atoms with Crippen molar-refractivity contribution in [1.29, 1.82) is 0 Å². The van der Waals surface area contributed by atoms with E-state index in [0.29, 0.717) is 16.4 Å². The monoisotopic (exact) mass is 489 g/mol. The Kier molecular flexibility index (Phi) is 6.38. The zero-order valence-electron chi connectivity index (χ0n) is 20.1. The maximum atomic E-state index is 13.6. The number of benzene rings is 2. The van der Waals surface area contributed by atoms with Gasteiger partial charge in [0.15, 0.2) is 5.69 Å². The molecule has 8 heteroatoms. The van der Waals surface area contributed by atoms with Gasteiger partial charge in [0.25, 0.3) is 5.56 Å². The fourth-order valence-electron chi connectivity index (χ4n) is 4.41. The molecule has 0 radical (unpaired) electrons. The van der Waals surface area contributed by atoms with Gasteiger partial charge in [-0.05, 0) is 74.9 Å². The lowest BCUT2D eigenvalue weighted by Gasteiger charge is -2.19. The van der Waals surface area contributed by atoms with E-state index in [9.17, 15) is 9.18 Å². The molecule has 2 heterocycles. The molecule has 0 unspecified atom stereocenters. The summed E-state index contributed by atoms with van der Waals surface area (Å²) in [6.07, 6.45) is 4.11. The van der Waals surface area contributed by atoms with Gasteiger partial charge in [0, 0.05) is 23.7 Å². The molecule has 0 bridgehead atoms. The van der Waals surface area contributed by atoms with Crippen LogP contribution in [-0.4, -0.2) is 19.8 Å². The van der Waals surface area contributed by atoms with Gasteiger partial charge in [-0.3, -0.25) is 9.48 Å². The first-order valence-corrected chi connectivity index (χ1v) is 12.7. The van der Waals surface area contributed by atoms with E-state index in [1.165, 1.54) is 23.5 Å². The lowest BCUT2D eigenvalue weighted by atomic mass is 9.90. The van der Waals surface area contributed by atoms with Crippen LogP contribution >= 0.6 is 11.3 Å². The van der Waals surface area contributed by atoms with E-state index >= 15 is 0 Å². The van der Waals surface area contributed by atoms with Gasteiger partial charge in [-0.15, -0.1) is 11.3 Å². The number of thiazole rings is 1. The normalized spacial score (nSPS) is 16.6. The number of rotatable bonds is 4. The van der Waals surface area contributed by atoms with Crippen LogP contribution in [0.5, 0.6) is 0 Å². The summed E-state index contributed by atoms with van der Waals surface area (Å²) in [6.45, 7) is 4.17. The van der Waals surface area contributed by atoms with Crippen molar-refractivity contribution in [2.75, 3.05) is 0 Å². The third-order valence-corrected chi connectivity index (χ3v) is 7.47. The van der Waals surface area contributed by atoms with E-state index in [-0.39, 0.29) is 11.4 Å². The highest BCUT2D eigenvalue weighted by molar-refractivity contribution is 7.07. The molecule has 2 aromatic carbocycles. The quantitative estimate of drug-likeness (QED) is 0.357. The van der Waals surface area contributed by atoms with Gasteiger partial charge in [-0.25, -0.2) is 18.7 Å².